The van der Waals surface area contributed by atoms with E-state index in [0.717, 1.165) is 29.9 Å². The number of benzene rings is 2. The van der Waals surface area contributed by atoms with Crippen molar-refractivity contribution in [3.05, 3.63) is 95.4 Å². The summed E-state index contributed by atoms with van der Waals surface area (Å²) in [4.78, 5) is 12.8. The maximum Gasteiger partial charge on any atom is 0.274 e. The number of para-hydroxylation sites is 1. The van der Waals surface area contributed by atoms with Crippen molar-refractivity contribution in [1.29, 1.82) is 0 Å². The summed E-state index contributed by atoms with van der Waals surface area (Å²) in [6.07, 6.45) is 3.85. The molecule has 0 unspecified atom stereocenters. The topological polar surface area (TPSA) is 85.8 Å². The second kappa shape index (κ2) is 7.35. The molecule has 1 amide bonds. The molecule has 0 aliphatic carbocycles. The molecular weight excluding hydrogens is 366 g/mol. The van der Waals surface area contributed by atoms with E-state index in [1.807, 2.05) is 53.1 Å². The zero-order chi connectivity index (χ0) is 19.6. The Morgan fingerprint density at radius 2 is 1.97 bits per heavy atom. The minimum absolute atomic E-state index is 0.258. The normalized spacial score (nSPS) is 15.2. The molecule has 7 nitrogen and oxygen atoms in total. The average molecular weight is 385 g/mol. The number of nitrogens with one attached hydrogen (secondary N) is 1. The summed E-state index contributed by atoms with van der Waals surface area (Å²) < 4.78 is 7.31. The second-order valence-corrected chi connectivity index (χ2v) is 7.09. The lowest BCUT2D eigenvalue weighted by Crippen LogP contribution is -2.30. The highest BCUT2D eigenvalue weighted by atomic mass is 16.5. The minimum Gasteiger partial charge on any atom is -0.360 e. The van der Waals surface area contributed by atoms with Crippen molar-refractivity contribution in [2.24, 2.45) is 0 Å². The highest BCUT2D eigenvalue weighted by molar-refractivity contribution is 5.92. The van der Waals surface area contributed by atoms with Crippen LogP contribution < -0.4 is 5.32 Å². The van der Waals surface area contributed by atoms with E-state index in [1.54, 1.807) is 12.4 Å². The van der Waals surface area contributed by atoms with Gasteiger partial charge in [0, 0.05) is 12.5 Å². The van der Waals surface area contributed by atoms with Crippen molar-refractivity contribution in [1.82, 2.24) is 25.2 Å². The number of amides is 1. The molecule has 29 heavy (non-hydrogen) atoms. The summed E-state index contributed by atoms with van der Waals surface area (Å²) in [5.74, 6) is 1.09. The molecule has 2 aromatic carbocycles. The molecule has 1 aliphatic rings. The SMILES string of the molecule is O=C(N[C@H]1CCc2ccccc2-n2cnnc21)c1cc(Cc2ccccc2)on1. The maximum absolute atomic E-state index is 12.8. The molecule has 0 saturated heterocycles. The molecule has 0 spiro atoms. The zero-order valence-electron chi connectivity index (χ0n) is 15.7. The molecule has 2 aromatic heterocycles. The first-order valence-corrected chi connectivity index (χ1v) is 9.56. The number of fused-ring (bicyclic) bond motifs is 3. The maximum atomic E-state index is 12.8. The predicted molar refractivity (Wildman–Crippen MR) is 106 cm³/mol. The van der Waals surface area contributed by atoms with E-state index in [4.69, 9.17) is 4.52 Å². The van der Waals surface area contributed by atoms with Crippen molar-refractivity contribution < 1.29 is 9.32 Å². The van der Waals surface area contributed by atoms with Crippen LogP contribution in [-0.2, 0) is 12.8 Å². The van der Waals surface area contributed by atoms with Gasteiger partial charge in [0.05, 0.1) is 11.7 Å². The zero-order valence-corrected chi connectivity index (χ0v) is 15.7. The summed E-state index contributed by atoms with van der Waals surface area (Å²) >= 11 is 0. The van der Waals surface area contributed by atoms with E-state index in [2.05, 4.69) is 26.7 Å². The number of nitrogens with zero attached hydrogens (tertiary/aromatic N) is 4. The molecule has 0 radical (unpaired) electrons. The Labute approximate surface area is 167 Å². The lowest BCUT2D eigenvalue weighted by molar-refractivity contribution is 0.0923. The van der Waals surface area contributed by atoms with Gasteiger partial charge in [0.25, 0.3) is 5.91 Å². The molecule has 144 valence electrons. The van der Waals surface area contributed by atoms with Gasteiger partial charge in [-0.05, 0) is 30.0 Å². The molecule has 1 atom stereocenters. The highest BCUT2D eigenvalue weighted by Crippen LogP contribution is 2.28. The van der Waals surface area contributed by atoms with Crippen LogP contribution in [0.15, 0.2) is 71.5 Å². The predicted octanol–water partition coefficient (Wildman–Crippen LogP) is 3.26. The number of carbonyl (C=O) groups excluding carboxylic acids is 1. The van der Waals surface area contributed by atoms with Gasteiger partial charge in [-0.1, -0.05) is 53.7 Å². The fourth-order valence-corrected chi connectivity index (χ4v) is 3.72. The largest absolute Gasteiger partial charge is 0.360 e. The summed E-state index contributed by atoms with van der Waals surface area (Å²) in [6.45, 7) is 0. The molecule has 3 heterocycles. The van der Waals surface area contributed by atoms with Crippen molar-refractivity contribution in [2.75, 3.05) is 0 Å². The summed E-state index contributed by atoms with van der Waals surface area (Å²) in [5, 5.41) is 15.3. The molecule has 1 N–H and O–H groups in total. The number of hydrogen-bond acceptors (Lipinski definition) is 5. The van der Waals surface area contributed by atoms with Gasteiger partial charge in [0.1, 0.15) is 12.1 Å². The van der Waals surface area contributed by atoms with Gasteiger partial charge in [0.15, 0.2) is 11.5 Å². The van der Waals surface area contributed by atoms with Crippen LogP contribution in [0.1, 0.15) is 45.7 Å². The first-order chi connectivity index (χ1) is 14.3. The van der Waals surface area contributed by atoms with E-state index in [-0.39, 0.29) is 17.6 Å². The fourth-order valence-electron chi connectivity index (χ4n) is 3.72. The summed E-state index contributed by atoms with van der Waals surface area (Å²) in [5.41, 5.74) is 3.63. The van der Waals surface area contributed by atoms with Crippen LogP contribution in [-0.4, -0.2) is 25.8 Å². The molecular formula is C22H19N5O2. The third-order valence-corrected chi connectivity index (χ3v) is 5.16. The smallest absolute Gasteiger partial charge is 0.274 e. The van der Waals surface area contributed by atoms with Crippen LogP contribution in [0.2, 0.25) is 0 Å². The van der Waals surface area contributed by atoms with Crippen LogP contribution in [0.25, 0.3) is 5.69 Å². The van der Waals surface area contributed by atoms with Crippen LogP contribution >= 0.6 is 0 Å². The van der Waals surface area contributed by atoms with Gasteiger partial charge in [0.2, 0.25) is 0 Å². The average Bonchev–Trinajstić information content (AvgIpc) is 3.39. The Morgan fingerprint density at radius 3 is 2.86 bits per heavy atom. The van der Waals surface area contributed by atoms with E-state index in [1.165, 1.54) is 5.56 Å². The Morgan fingerprint density at radius 1 is 1.14 bits per heavy atom. The lowest BCUT2D eigenvalue weighted by atomic mass is 10.1. The first-order valence-electron chi connectivity index (χ1n) is 9.56. The van der Waals surface area contributed by atoms with E-state index in [9.17, 15) is 4.79 Å². The molecule has 7 heteroatoms. The Bertz CT molecular complexity index is 1150. The second-order valence-electron chi connectivity index (χ2n) is 7.09. The van der Waals surface area contributed by atoms with Crippen molar-refractivity contribution in [3.63, 3.8) is 0 Å². The summed E-state index contributed by atoms with van der Waals surface area (Å²) in [7, 11) is 0. The third kappa shape index (κ3) is 3.42. The Balaban J connectivity index is 1.34. The molecule has 0 bridgehead atoms. The van der Waals surface area contributed by atoms with Crippen LogP contribution in [0.5, 0.6) is 0 Å². The molecule has 0 saturated carbocycles. The number of aryl methyl sites for hydroxylation is 1. The van der Waals surface area contributed by atoms with Gasteiger partial charge in [-0.15, -0.1) is 10.2 Å². The molecule has 1 aliphatic heterocycles. The van der Waals surface area contributed by atoms with Gasteiger partial charge in [-0.2, -0.15) is 0 Å². The number of rotatable bonds is 4. The monoisotopic (exact) mass is 385 g/mol. The van der Waals surface area contributed by atoms with E-state index >= 15 is 0 Å². The fraction of sp³-hybridized carbons (Fsp3) is 0.182. The molecule has 4 aromatic rings. The van der Waals surface area contributed by atoms with E-state index in [0.29, 0.717) is 12.2 Å². The van der Waals surface area contributed by atoms with Crippen molar-refractivity contribution in [2.45, 2.75) is 25.3 Å². The highest BCUT2D eigenvalue weighted by Gasteiger charge is 2.26. The summed E-state index contributed by atoms with van der Waals surface area (Å²) in [6, 6.07) is 19.5. The van der Waals surface area contributed by atoms with Crippen molar-refractivity contribution in [3.8, 4) is 5.69 Å². The van der Waals surface area contributed by atoms with Crippen LogP contribution in [0.3, 0.4) is 0 Å². The third-order valence-electron chi connectivity index (χ3n) is 5.16. The Kier molecular flexibility index (Phi) is 4.40. The quantitative estimate of drug-likeness (QED) is 0.583. The van der Waals surface area contributed by atoms with E-state index < -0.39 is 0 Å². The molecule has 5 rings (SSSR count). The number of aromatic nitrogens is 4. The first kappa shape index (κ1) is 17.4. The number of carbonyl (C=O) groups is 1. The van der Waals surface area contributed by atoms with Gasteiger partial charge in [-0.3, -0.25) is 9.36 Å². The lowest BCUT2D eigenvalue weighted by Gasteiger charge is -2.14. The minimum atomic E-state index is -0.279. The van der Waals surface area contributed by atoms with Crippen LogP contribution in [0, 0.1) is 0 Å². The van der Waals surface area contributed by atoms with Gasteiger partial charge < -0.3 is 9.84 Å². The van der Waals surface area contributed by atoms with Gasteiger partial charge in [-0.25, -0.2) is 0 Å². The van der Waals surface area contributed by atoms with Crippen molar-refractivity contribution >= 4 is 5.91 Å². The van der Waals surface area contributed by atoms with Gasteiger partial charge >= 0.3 is 0 Å². The molecule has 0 fully saturated rings. The number of hydrogen-bond donors (Lipinski definition) is 1. The Hall–Kier alpha value is -3.74. The van der Waals surface area contributed by atoms with Crippen LogP contribution in [0.4, 0.5) is 0 Å². The standard InChI is InChI=1S/C22H19N5O2/c28-22(19-13-17(29-26-19)12-15-6-2-1-3-7-15)24-18-11-10-16-8-4-5-9-20(16)27-14-23-25-21(18)27/h1-9,13-14,18H,10-12H2,(H,24,28)/t18-/m0/s1.